The van der Waals surface area contributed by atoms with Crippen molar-refractivity contribution in [2.75, 3.05) is 11.9 Å². The highest BCUT2D eigenvalue weighted by Crippen LogP contribution is 2.22. The smallest absolute Gasteiger partial charge is 0.257 e. The first-order chi connectivity index (χ1) is 13.0. The van der Waals surface area contributed by atoms with Gasteiger partial charge in [-0.05, 0) is 43.9 Å². The van der Waals surface area contributed by atoms with Crippen LogP contribution in [0.2, 0.25) is 0 Å². The van der Waals surface area contributed by atoms with Gasteiger partial charge in [0.05, 0.1) is 11.1 Å². The van der Waals surface area contributed by atoms with Crippen LogP contribution < -0.4 is 5.32 Å². The van der Waals surface area contributed by atoms with Gasteiger partial charge in [-0.2, -0.15) is 0 Å². The van der Waals surface area contributed by atoms with E-state index in [0.29, 0.717) is 12.1 Å². The Morgan fingerprint density at radius 2 is 1.93 bits per heavy atom. The number of nitrogens with one attached hydrogen (secondary N) is 1. The molecule has 3 rings (SSSR count). The Balaban J connectivity index is 1.77. The lowest BCUT2D eigenvalue weighted by Crippen LogP contribution is -2.43. The number of carbonyl (C=O) groups excluding carboxylic acids is 2. The van der Waals surface area contributed by atoms with E-state index >= 15 is 0 Å². The van der Waals surface area contributed by atoms with Crippen molar-refractivity contribution in [2.45, 2.75) is 38.6 Å². The number of likely N-dealkylation sites (tertiary alicyclic amines) is 1. The summed E-state index contributed by atoms with van der Waals surface area (Å²) in [5.41, 5.74) is 0.640. The lowest BCUT2D eigenvalue weighted by Gasteiger charge is -2.35. The Hall–Kier alpha value is -2.83. The third-order valence-corrected chi connectivity index (χ3v) is 4.78. The molecular weight excluding hydrogens is 352 g/mol. The second-order valence-electron chi connectivity index (χ2n) is 6.60. The van der Waals surface area contributed by atoms with E-state index in [1.807, 2.05) is 4.90 Å². The molecule has 0 radical (unpaired) electrons. The van der Waals surface area contributed by atoms with E-state index < -0.39 is 17.5 Å². The van der Waals surface area contributed by atoms with E-state index in [-0.39, 0.29) is 23.2 Å². The highest BCUT2D eigenvalue weighted by molar-refractivity contribution is 6.05. The summed E-state index contributed by atoms with van der Waals surface area (Å²) in [6, 6.07) is 4.77. The summed E-state index contributed by atoms with van der Waals surface area (Å²) in [7, 11) is 0. The molecule has 1 aliphatic rings. The van der Waals surface area contributed by atoms with E-state index in [1.54, 1.807) is 0 Å². The summed E-state index contributed by atoms with van der Waals surface area (Å²) in [6.45, 7) is 2.75. The Labute approximate surface area is 156 Å². The standard InChI is InChI=1S/C20H21F2N3O2/c1-2-16-5-3-4-8-25(16)20(27)14-9-13(11-23-12-14)19(26)24-15-6-7-17(21)18(22)10-15/h6-7,9-12,16H,2-5,8H2,1H3,(H,24,26). The van der Waals surface area contributed by atoms with Crippen LogP contribution in [0.4, 0.5) is 14.5 Å². The zero-order chi connectivity index (χ0) is 19.4. The monoisotopic (exact) mass is 373 g/mol. The van der Waals surface area contributed by atoms with Crippen LogP contribution in [0.1, 0.15) is 53.3 Å². The third kappa shape index (κ3) is 4.30. The maximum absolute atomic E-state index is 13.3. The van der Waals surface area contributed by atoms with Gasteiger partial charge in [0, 0.05) is 36.7 Å². The number of rotatable bonds is 4. The minimum Gasteiger partial charge on any atom is -0.336 e. The molecule has 0 bridgehead atoms. The molecule has 1 unspecified atom stereocenters. The normalized spacial score (nSPS) is 16.9. The van der Waals surface area contributed by atoms with Crippen molar-refractivity contribution in [3.63, 3.8) is 0 Å². The van der Waals surface area contributed by atoms with Gasteiger partial charge < -0.3 is 10.2 Å². The van der Waals surface area contributed by atoms with Gasteiger partial charge >= 0.3 is 0 Å². The van der Waals surface area contributed by atoms with Gasteiger partial charge in [0.2, 0.25) is 0 Å². The van der Waals surface area contributed by atoms with Crippen LogP contribution in [0.5, 0.6) is 0 Å². The molecule has 2 heterocycles. The Bertz CT molecular complexity index is 857. The fourth-order valence-electron chi connectivity index (χ4n) is 3.32. The van der Waals surface area contributed by atoms with Gasteiger partial charge in [0.1, 0.15) is 0 Å². The number of aromatic nitrogens is 1. The molecule has 0 spiro atoms. The van der Waals surface area contributed by atoms with Gasteiger partial charge in [-0.25, -0.2) is 8.78 Å². The van der Waals surface area contributed by atoms with Gasteiger partial charge in [-0.3, -0.25) is 14.6 Å². The lowest BCUT2D eigenvalue weighted by molar-refractivity contribution is 0.0607. The van der Waals surface area contributed by atoms with E-state index in [0.717, 1.165) is 37.8 Å². The highest BCUT2D eigenvalue weighted by Gasteiger charge is 2.26. The molecule has 27 heavy (non-hydrogen) atoms. The minimum atomic E-state index is -1.05. The van der Waals surface area contributed by atoms with E-state index in [9.17, 15) is 18.4 Å². The summed E-state index contributed by atoms with van der Waals surface area (Å²) in [4.78, 5) is 31.1. The molecule has 7 heteroatoms. The summed E-state index contributed by atoms with van der Waals surface area (Å²) >= 11 is 0. The summed E-state index contributed by atoms with van der Waals surface area (Å²) in [6.07, 6.45) is 6.71. The predicted octanol–water partition coefficient (Wildman–Crippen LogP) is 4.02. The molecule has 1 aromatic heterocycles. The van der Waals surface area contributed by atoms with Crippen molar-refractivity contribution in [3.8, 4) is 0 Å². The van der Waals surface area contributed by atoms with Crippen LogP contribution in [0.25, 0.3) is 0 Å². The predicted molar refractivity (Wildman–Crippen MR) is 97.5 cm³/mol. The van der Waals surface area contributed by atoms with Crippen molar-refractivity contribution < 1.29 is 18.4 Å². The van der Waals surface area contributed by atoms with Gasteiger partial charge in [0.15, 0.2) is 11.6 Å². The fraction of sp³-hybridized carbons (Fsp3) is 0.350. The second kappa shape index (κ2) is 8.24. The second-order valence-corrected chi connectivity index (χ2v) is 6.60. The first kappa shape index (κ1) is 18.9. The molecule has 2 amide bonds. The van der Waals surface area contributed by atoms with Crippen LogP contribution in [0.15, 0.2) is 36.7 Å². The van der Waals surface area contributed by atoms with Crippen LogP contribution in [-0.4, -0.2) is 34.3 Å². The van der Waals surface area contributed by atoms with Crippen LogP contribution in [0, 0.1) is 11.6 Å². The van der Waals surface area contributed by atoms with E-state index in [2.05, 4.69) is 17.2 Å². The third-order valence-electron chi connectivity index (χ3n) is 4.78. The summed E-state index contributed by atoms with van der Waals surface area (Å²) in [5.74, 6) is -2.73. The zero-order valence-corrected chi connectivity index (χ0v) is 15.0. The Morgan fingerprint density at radius 1 is 1.15 bits per heavy atom. The number of hydrogen-bond acceptors (Lipinski definition) is 3. The number of piperidine rings is 1. The van der Waals surface area contributed by atoms with Crippen molar-refractivity contribution in [1.82, 2.24) is 9.88 Å². The number of nitrogens with zero attached hydrogens (tertiary/aromatic N) is 2. The maximum Gasteiger partial charge on any atom is 0.257 e. The molecule has 0 aliphatic carbocycles. The average molecular weight is 373 g/mol. The first-order valence-corrected chi connectivity index (χ1v) is 9.02. The molecule has 5 nitrogen and oxygen atoms in total. The highest BCUT2D eigenvalue weighted by atomic mass is 19.2. The zero-order valence-electron chi connectivity index (χ0n) is 15.0. The SMILES string of the molecule is CCC1CCCCN1C(=O)c1cncc(C(=O)Nc2ccc(F)c(F)c2)c1. The minimum absolute atomic E-state index is 0.123. The fourth-order valence-corrected chi connectivity index (χ4v) is 3.32. The quantitative estimate of drug-likeness (QED) is 0.881. The van der Waals surface area contributed by atoms with E-state index in [4.69, 9.17) is 0 Å². The lowest BCUT2D eigenvalue weighted by atomic mass is 9.99. The van der Waals surface area contributed by atoms with Crippen molar-refractivity contribution in [3.05, 3.63) is 59.4 Å². The number of hydrogen-bond donors (Lipinski definition) is 1. The van der Waals surface area contributed by atoms with Crippen LogP contribution >= 0.6 is 0 Å². The number of anilines is 1. The number of halogens is 2. The first-order valence-electron chi connectivity index (χ1n) is 9.02. The van der Waals surface area contributed by atoms with Crippen molar-refractivity contribution in [1.29, 1.82) is 0 Å². The van der Waals surface area contributed by atoms with Gasteiger partial charge in [-0.15, -0.1) is 0 Å². The topological polar surface area (TPSA) is 62.3 Å². The molecule has 2 aromatic rings. The van der Waals surface area contributed by atoms with Gasteiger partial charge in [-0.1, -0.05) is 6.92 Å². The number of benzene rings is 1. The molecular formula is C20H21F2N3O2. The Kier molecular flexibility index (Phi) is 5.78. The average Bonchev–Trinajstić information content (AvgIpc) is 2.70. The van der Waals surface area contributed by atoms with Gasteiger partial charge in [0.25, 0.3) is 11.8 Å². The van der Waals surface area contributed by atoms with Crippen molar-refractivity contribution >= 4 is 17.5 Å². The summed E-state index contributed by atoms with van der Waals surface area (Å²) < 4.78 is 26.3. The molecule has 1 saturated heterocycles. The number of amides is 2. The summed E-state index contributed by atoms with van der Waals surface area (Å²) in [5, 5.41) is 2.48. The van der Waals surface area contributed by atoms with Crippen LogP contribution in [-0.2, 0) is 0 Å². The molecule has 1 N–H and O–H groups in total. The number of carbonyl (C=O) groups is 2. The molecule has 142 valence electrons. The molecule has 1 aliphatic heterocycles. The van der Waals surface area contributed by atoms with Crippen molar-refractivity contribution in [2.24, 2.45) is 0 Å². The maximum atomic E-state index is 13.3. The van der Waals surface area contributed by atoms with E-state index in [1.165, 1.54) is 24.5 Å². The molecule has 1 fully saturated rings. The largest absolute Gasteiger partial charge is 0.336 e. The molecule has 1 atom stereocenters. The molecule has 0 saturated carbocycles. The number of pyridine rings is 1. The Morgan fingerprint density at radius 3 is 2.67 bits per heavy atom. The van der Waals surface area contributed by atoms with Crippen LogP contribution in [0.3, 0.4) is 0 Å². The molecule has 1 aromatic carbocycles.